The fourth-order valence-electron chi connectivity index (χ4n) is 1.25. The average molecular weight is 229 g/mol. The molecule has 5 nitrogen and oxygen atoms in total. The molecule has 16 heavy (non-hydrogen) atoms. The van der Waals surface area contributed by atoms with Crippen molar-refractivity contribution in [3.63, 3.8) is 0 Å². The molecule has 5 heteroatoms. The summed E-state index contributed by atoms with van der Waals surface area (Å²) in [5, 5.41) is 5.84. The maximum absolute atomic E-state index is 11.5. The van der Waals surface area contributed by atoms with Gasteiger partial charge in [0.05, 0.1) is 6.54 Å². The zero-order valence-corrected chi connectivity index (χ0v) is 10.6. The summed E-state index contributed by atoms with van der Waals surface area (Å²) in [6, 6.07) is 0.175. The molecular weight excluding hydrogens is 206 g/mol. The second-order valence-corrected chi connectivity index (χ2v) is 4.76. The van der Waals surface area contributed by atoms with Gasteiger partial charge >= 0.3 is 0 Å². The Hall–Kier alpha value is -1.10. The van der Waals surface area contributed by atoms with Crippen LogP contribution in [0.1, 0.15) is 40.5 Å². The van der Waals surface area contributed by atoms with Gasteiger partial charge in [0.25, 0.3) is 0 Å². The van der Waals surface area contributed by atoms with Gasteiger partial charge in [0.15, 0.2) is 0 Å². The first-order valence-electron chi connectivity index (χ1n) is 5.59. The second kappa shape index (κ2) is 6.48. The van der Waals surface area contributed by atoms with Gasteiger partial charge in [-0.25, -0.2) is 0 Å². The number of carbonyl (C=O) groups excluding carboxylic acids is 2. The molecule has 0 aliphatic carbocycles. The zero-order valence-electron chi connectivity index (χ0n) is 10.6. The molecule has 0 saturated heterocycles. The van der Waals surface area contributed by atoms with Crippen LogP contribution in [0.4, 0.5) is 0 Å². The molecule has 1 atom stereocenters. The van der Waals surface area contributed by atoms with Crippen molar-refractivity contribution in [2.45, 2.75) is 52.1 Å². The van der Waals surface area contributed by atoms with Crippen LogP contribution in [-0.2, 0) is 9.59 Å². The number of amides is 2. The van der Waals surface area contributed by atoms with Crippen LogP contribution in [0.3, 0.4) is 0 Å². The van der Waals surface area contributed by atoms with Gasteiger partial charge < -0.3 is 16.4 Å². The Bertz CT molecular complexity index is 252. The molecule has 0 bridgehead atoms. The topological polar surface area (TPSA) is 84.2 Å². The van der Waals surface area contributed by atoms with E-state index >= 15 is 0 Å². The molecule has 0 aromatic carbocycles. The van der Waals surface area contributed by atoms with E-state index in [2.05, 4.69) is 10.6 Å². The third kappa shape index (κ3) is 7.23. The number of primary amides is 1. The maximum Gasteiger partial charge on any atom is 0.234 e. The quantitative estimate of drug-likeness (QED) is 0.581. The molecule has 94 valence electrons. The average Bonchev–Trinajstić information content (AvgIpc) is 2.13. The minimum absolute atomic E-state index is 0.0631. The van der Waals surface area contributed by atoms with Gasteiger partial charge in [0.1, 0.15) is 0 Å². The molecule has 1 unspecified atom stereocenters. The van der Waals surface area contributed by atoms with E-state index in [9.17, 15) is 9.59 Å². The van der Waals surface area contributed by atoms with Crippen LogP contribution in [0.5, 0.6) is 0 Å². The predicted molar refractivity (Wildman–Crippen MR) is 63.8 cm³/mol. The summed E-state index contributed by atoms with van der Waals surface area (Å²) >= 11 is 0. The minimum atomic E-state index is -0.446. The summed E-state index contributed by atoms with van der Waals surface area (Å²) in [5.74, 6) is -0.438. The number of hydrogen-bond donors (Lipinski definition) is 3. The van der Waals surface area contributed by atoms with Crippen LogP contribution >= 0.6 is 0 Å². The van der Waals surface area contributed by atoms with Crippen LogP contribution in [0.15, 0.2) is 0 Å². The lowest BCUT2D eigenvalue weighted by molar-refractivity contribution is -0.122. The van der Waals surface area contributed by atoms with Crippen LogP contribution < -0.4 is 16.4 Å². The summed E-state index contributed by atoms with van der Waals surface area (Å²) in [6.07, 6.45) is 1.11. The fraction of sp³-hybridized carbons (Fsp3) is 0.818. The van der Waals surface area contributed by atoms with Crippen LogP contribution in [-0.4, -0.2) is 29.9 Å². The monoisotopic (exact) mass is 229 g/mol. The SMILES string of the molecule is CCC(C)NC(=O)CNC(C)(C)CC(N)=O. The van der Waals surface area contributed by atoms with Crippen molar-refractivity contribution >= 4 is 11.8 Å². The normalized spacial score (nSPS) is 13.2. The Kier molecular flexibility index (Phi) is 6.03. The van der Waals surface area contributed by atoms with Gasteiger partial charge in [-0.2, -0.15) is 0 Å². The van der Waals surface area contributed by atoms with Gasteiger partial charge in [-0.05, 0) is 27.2 Å². The molecule has 0 aliphatic heterocycles. The molecule has 0 fully saturated rings. The van der Waals surface area contributed by atoms with Crippen LogP contribution in [0.25, 0.3) is 0 Å². The van der Waals surface area contributed by atoms with Crippen molar-refractivity contribution in [3.05, 3.63) is 0 Å². The molecule has 0 spiro atoms. The highest BCUT2D eigenvalue weighted by molar-refractivity contribution is 5.79. The fourth-order valence-corrected chi connectivity index (χ4v) is 1.25. The lowest BCUT2D eigenvalue weighted by Crippen LogP contribution is -2.48. The number of hydrogen-bond acceptors (Lipinski definition) is 3. The summed E-state index contributed by atoms with van der Waals surface area (Å²) in [5.41, 5.74) is 4.66. The van der Waals surface area contributed by atoms with Gasteiger partial charge in [0.2, 0.25) is 11.8 Å². The summed E-state index contributed by atoms with van der Waals surface area (Å²) in [7, 11) is 0. The highest BCUT2D eigenvalue weighted by atomic mass is 16.2. The summed E-state index contributed by atoms with van der Waals surface area (Å²) < 4.78 is 0. The summed E-state index contributed by atoms with van der Waals surface area (Å²) in [4.78, 5) is 22.2. The lowest BCUT2D eigenvalue weighted by Gasteiger charge is -2.24. The van der Waals surface area contributed by atoms with Crippen molar-refractivity contribution in [2.24, 2.45) is 5.73 Å². The minimum Gasteiger partial charge on any atom is -0.370 e. The zero-order chi connectivity index (χ0) is 12.8. The van der Waals surface area contributed by atoms with E-state index < -0.39 is 5.54 Å². The van der Waals surface area contributed by atoms with E-state index in [0.717, 1.165) is 6.42 Å². The second-order valence-electron chi connectivity index (χ2n) is 4.76. The van der Waals surface area contributed by atoms with Crippen molar-refractivity contribution in [1.82, 2.24) is 10.6 Å². The largest absolute Gasteiger partial charge is 0.370 e. The molecule has 0 radical (unpaired) electrons. The van der Waals surface area contributed by atoms with E-state index in [4.69, 9.17) is 5.73 Å². The summed E-state index contributed by atoms with van der Waals surface area (Å²) in [6.45, 7) is 7.84. The smallest absolute Gasteiger partial charge is 0.234 e. The third-order valence-corrected chi connectivity index (χ3v) is 2.36. The Balaban J connectivity index is 3.94. The van der Waals surface area contributed by atoms with E-state index in [-0.39, 0.29) is 30.8 Å². The maximum atomic E-state index is 11.5. The van der Waals surface area contributed by atoms with Gasteiger partial charge in [-0.3, -0.25) is 9.59 Å². The van der Waals surface area contributed by atoms with E-state index in [1.807, 2.05) is 27.7 Å². The van der Waals surface area contributed by atoms with Gasteiger partial charge in [0, 0.05) is 18.0 Å². The number of rotatable bonds is 7. The number of nitrogens with two attached hydrogens (primary N) is 1. The first-order chi connectivity index (χ1) is 7.26. The highest BCUT2D eigenvalue weighted by Crippen LogP contribution is 2.06. The molecule has 2 amide bonds. The molecule has 4 N–H and O–H groups in total. The van der Waals surface area contributed by atoms with Crippen molar-refractivity contribution in [3.8, 4) is 0 Å². The van der Waals surface area contributed by atoms with E-state index in [1.165, 1.54) is 0 Å². The molecule has 0 aromatic heterocycles. The molecule has 0 heterocycles. The lowest BCUT2D eigenvalue weighted by atomic mass is 10.0. The van der Waals surface area contributed by atoms with Crippen molar-refractivity contribution in [1.29, 1.82) is 0 Å². The Labute approximate surface area is 97.2 Å². The van der Waals surface area contributed by atoms with Gasteiger partial charge in [-0.1, -0.05) is 6.92 Å². The van der Waals surface area contributed by atoms with Gasteiger partial charge in [-0.15, -0.1) is 0 Å². The van der Waals surface area contributed by atoms with E-state index in [1.54, 1.807) is 0 Å². The Morgan fingerprint density at radius 1 is 1.38 bits per heavy atom. The van der Waals surface area contributed by atoms with Crippen molar-refractivity contribution < 1.29 is 9.59 Å². The molecule has 0 aromatic rings. The highest BCUT2D eigenvalue weighted by Gasteiger charge is 2.20. The molecule has 0 rings (SSSR count). The van der Waals surface area contributed by atoms with Crippen LogP contribution in [0, 0.1) is 0 Å². The first kappa shape index (κ1) is 14.9. The third-order valence-electron chi connectivity index (χ3n) is 2.36. The predicted octanol–water partition coefficient (Wildman–Crippen LogP) is 0.145. The molecule has 0 aliphatic rings. The van der Waals surface area contributed by atoms with Crippen LogP contribution in [0.2, 0.25) is 0 Å². The first-order valence-corrected chi connectivity index (χ1v) is 5.59. The Morgan fingerprint density at radius 2 is 1.94 bits per heavy atom. The number of carbonyl (C=O) groups is 2. The molecular formula is C11H23N3O2. The Morgan fingerprint density at radius 3 is 2.38 bits per heavy atom. The van der Waals surface area contributed by atoms with Crippen molar-refractivity contribution in [2.75, 3.05) is 6.54 Å². The standard InChI is InChI=1S/C11H23N3O2/c1-5-8(2)14-10(16)7-13-11(3,4)6-9(12)15/h8,13H,5-7H2,1-4H3,(H2,12,15)(H,14,16). The molecule has 0 saturated carbocycles. The van der Waals surface area contributed by atoms with E-state index in [0.29, 0.717) is 0 Å². The number of nitrogens with one attached hydrogen (secondary N) is 2.